The highest BCUT2D eigenvalue weighted by molar-refractivity contribution is 5.92. The standard InChI is InChI=1S/C20H28N4O2/c1-15-14-21-19(16-7-12-26-13-8-16)24(15)17-5-10-23(11-6-17)20(25)18-4-3-9-22(18)2/h3-4,9,14,16-17H,5-8,10-13H2,1-2H3. The molecule has 2 aromatic heterocycles. The summed E-state index contributed by atoms with van der Waals surface area (Å²) in [5, 5.41) is 0. The smallest absolute Gasteiger partial charge is 0.270 e. The van der Waals surface area contributed by atoms with Crippen LogP contribution in [0.2, 0.25) is 0 Å². The first kappa shape index (κ1) is 17.3. The third-order valence-electron chi connectivity index (χ3n) is 5.88. The third kappa shape index (κ3) is 3.18. The van der Waals surface area contributed by atoms with Crippen molar-refractivity contribution in [2.75, 3.05) is 26.3 Å². The van der Waals surface area contributed by atoms with Crippen molar-refractivity contribution in [2.45, 2.75) is 44.6 Å². The van der Waals surface area contributed by atoms with Gasteiger partial charge in [0.05, 0.1) is 0 Å². The molecule has 0 N–H and O–H groups in total. The minimum atomic E-state index is 0.142. The summed E-state index contributed by atoms with van der Waals surface area (Å²) >= 11 is 0. The van der Waals surface area contributed by atoms with E-state index in [0.29, 0.717) is 12.0 Å². The summed E-state index contributed by atoms with van der Waals surface area (Å²) in [5.41, 5.74) is 2.00. The van der Waals surface area contributed by atoms with Crippen molar-refractivity contribution in [3.63, 3.8) is 0 Å². The van der Waals surface area contributed by atoms with Crippen molar-refractivity contribution in [3.05, 3.63) is 41.7 Å². The van der Waals surface area contributed by atoms with E-state index in [1.165, 1.54) is 11.5 Å². The van der Waals surface area contributed by atoms with Gasteiger partial charge in [0.2, 0.25) is 0 Å². The molecule has 0 aliphatic carbocycles. The van der Waals surface area contributed by atoms with Gasteiger partial charge in [0.15, 0.2) is 0 Å². The average Bonchev–Trinajstić information content (AvgIpc) is 3.27. The quantitative estimate of drug-likeness (QED) is 0.850. The molecule has 2 aromatic rings. The lowest BCUT2D eigenvalue weighted by Crippen LogP contribution is -2.40. The number of nitrogens with zero attached hydrogens (tertiary/aromatic N) is 4. The molecular formula is C20H28N4O2. The number of amides is 1. The van der Waals surface area contributed by atoms with Crippen LogP contribution in [0.1, 0.15) is 59.6 Å². The fourth-order valence-electron chi connectivity index (χ4n) is 4.37. The average molecular weight is 356 g/mol. The zero-order chi connectivity index (χ0) is 18.1. The van der Waals surface area contributed by atoms with Gasteiger partial charge in [-0.1, -0.05) is 0 Å². The highest BCUT2D eigenvalue weighted by Crippen LogP contribution is 2.32. The van der Waals surface area contributed by atoms with Gasteiger partial charge in [0.25, 0.3) is 5.91 Å². The number of ether oxygens (including phenoxy) is 1. The van der Waals surface area contributed by atoms with Crippen LogP contribution in [0.4, 0.5) is 0 Å². The van der Waals surface area contributed by atoms with Gasteiger partial charge in [-0.2, -0.15) is 0 Å². The number of aryl methyl sites for hydroxylation is 2. The number of imidazole rings is 1. The molecule has 140 valence electrons. The summed E-state index contributed by atoms with van der Waals surface area (Å²) in [6.45, 7) is 5.43. The molecule has 2 aliphatic heterocycles. The van der Waals surface area contributed by atoms with Crippen LogP contribution in [0.3, 0.4) is 0 Å². The van der Waals surface area contributed by atoms with Gasteiger partial charge in [-0.05, 0) is 44.7 Å². The number of aromatic nitrogens is 3. The lowest BCUT2D eigenvalue weighted by molar-refractivity contribution is 0.0674. The largest absolute Gasteiger partial charge is 0.381 e. The fraction of sp³-hybridized carbons (Fsp3) is 0.600. The number of carbonyl (C=O) groups is 1. The molecule has 0 bridgehead atoms. The van der Waals surface area contributed by atoms with Crippen molar-refractivity contribution in [3.8, 4) is 0 Å². The van der Waals surface area contributed by atoms with E-state index >= 15 is 0 Å². The van der Waals surface area contributed by atoms with Gasteiger partial charge < -0.3 is 18.8 Å². The Bertz CT molecular complexity index is 765. The predicted molar refractivity (Wildman–Crippen MR) is 99.3 cm³/mol. The van der Waals surface area contributed by atoms with Gasteiger partial charge in [-0.25, -0.2) is 4.98 Å². The molecule has 0 unspecified atom stereocenters. The molecule has 2 aliphatic rings. The van der Waals surface area contributed by atoms with Crippen LogP contribution in [-0.2, 0) is 11.8 Å². The third-order valence-corrected chi connectivity index (χ3v) is 5.88. The molecule has 0 spiro atoms. The molecule has 0 aromatic carbocycles. The van der Waals surface area contributed by atoms with Crippen molar-refractivity contribution < 1.29 is 9.53 Å². The van der Waals surface area contributed by atoms with Gasteiger partial charge >= 0.3 is 0 Å². The van der Waals surface area contributed by atoms with Gasteiger partial charge in [0.1, 0.15) is 11.5 Å². The van der Waals surface area contributed by atoms with Crippen LogP contribution in [0, 0.1) is 6.92 Å². The normalized spacial score (nSPS) is 19.8. The highest BCUT2D eigenvalue weighted by atomic mass is 16.5. The molecule has 2 fully saturated rings. The number of likely N-dealkylation sites (tertiary alicyclic amines) is 1. The Kier molecular flexibility index (Phi) is 4.85. The minimum Gasteiger partial charge on any atom is -0.381 e. The second-order valence-corrected chi connectivity index (χ2v) is 7.54. The molecule has 4 rings (SSSR count). The second kappa shape index (κ2) is 7.27. The maximum absolute atomic E-state index is 12.7. The molecule has 4 heterocycles. The zero-order valence-electron chi connectivity index (χ0n) is 15.7. The van der Waals surface area contributed by atoms with Crippen molar-refractivity contribution in [1.29, 1.82) is 0 Å². The maximum Gasteiger partial charge on any atom is 0.270 e. The highest BCUT2D eigenvalue weighted by Gasteiger charge is 2.29. The molecule has 6 nitrogen and oxygen atoms in total. The van der Waals surface area contributed by atoms with E-state index in [1.807, 2.05) is 41.0 Å². The zero-order valence-corrected chi connectivity index (χ0v) is 15.7. The van der Waals surface area contributed by atoms with Gasteiger partial charge in [0, 0.05) is 63.4 Å². The molecule has 2 saturated heterocycles. The Hall–Kier alpha value is -2.08. The molecule has 1 amide bonds. The van der Waals surface area contributed by atoms with E-state index in [2.05, 4.69) is 11.5 Å². The maximum atomic E-state index is 12.7. The first-order valence-corrected chi connectivity index (χ1v) is 9.67. The lowest BCUT2D eigenvalue weighted by Gasteiger charge is -2.35. The number of hydrogen-bond donors (Lipinski definition) is 0. The fourth-order valence-corrected chi connectivity index (χ4v) is 4.37. The van der Waals surface area contributed by atoms with Crippen molar-refractivity contribution >= 4 is 5.91 Å². The van der Waals surface area contributed by atoms with Crippen LogP contribution in [-0.4, -0.2) is 51.2 Å². The Balaban J connectivity index is 1.46. The number of carbonyl (C=O) groups excluding carboxylic acids is 1. The van der Waals surface area contributed by atoms with Crippen LogP contribution < -0.4 is 0 Å². The molecule has 0 atom stereocenters. The summed E-state index contributed by atoms with van der Waals surface area (Å²) in [7, 11) is 1.93. The van der Waals surface area contributed by atoms with Crippen molar-refractivity contribution in [2.24, 2.45) is 7.05 Å². The monoisotopic (exact) mass is 356 g/mol. The first-order chi connectivity index (χ1) is 12.6. The molecule has 0 saturated carbocycles. The van der Waals surface area contributed by atoms with E-state index in [-0.39, 0.29) is 5.91 Å². The molecule has 0 radical (unpaired) electrons. The summed E-state index contributed by atoms with van der Waals surface area (Å²) in [5.74, 6) is 1.86. The van der Waals surface area contributed by atoms with E-state index in [4.69, 9.17) is 9.72 Å². The Labute approximate surface area is 154 Å². The minimum absolute atomic E-state index is 0.142. The summed E-state index contributed by atoms with van der Waals surface area (Å²) in [6, 6.07) is 4.26. The lowest BCUT2D eigenvalue weighted by atomic mass is 9.97. The van der Waals surface area contributed by atoms with E-state index in [0.717, 1.165) is 57.7 Å². The molecule has 6 heteroatoms. The predicted octanol–water partition coefficient (Wildman–Crippen LogP) is 2.90. The number of hydrogen-bond acceptors (Lipinski definition) is 3. The van der Waals surface area contributed by atoms with Gasteiger partial charge in [-0.15, -0.1) is 0 Å². The molecular weight excluding hydrogens is 328 g/mol. The van der Waals surface area contributed by atoms with E-state index in [9.17, 15) is 4.79 Å². The summed E-state index contributed by atoms with van der Waals surface area (Å²) in [4.78, 5) is 19.5. The number of piperidine rings is 1. The Morgan fingerprint density at radius 2 is 1.92 bits per heavy atom. The van der Waals surface area contributed by atoms with E-state index in [1.54, 1.807) is 0 Å². The van der Waals surface area contributed by atoms with E-state index < -0.39 is 0 Å². The van der Waals surface area contributed by atoms with Crippen LogP contribution in [0.25, 0.3) is 0 Å². The second-order valence-electron chi connectivity index (χ2n) is 7.54. The van der Waals surface area contributed by atoms with Crippen LogP contribution >= 0.6 is 0 Å². The number of rotatable bonds is 3. The SMILES string of the molecule is Cc1cnc(C2CCOCC2)n1C1CCN(C(=O)c2cccn2C)CC1. The Morgan fingerprint density at radius 3 is 2.58 bits per heavy atom. The van der Waals surface area contributed by atoms with Gasteiger partial charge in [-0.3, -0.25) is 4.79 Å². The van der Waals surface area contributed by atoms with Crippen LogP contribution in [0.15, 0.2) is 24.5 Å². The summed E-state index contributed by atoms with van der Waals surface area (Å²) < 4.78 is 9.86. The van der Waals surface area contributed by atoms with Crippen molar-refractivity contribution in [1.82, 2.24) is 19.0 Å². The van der Waals surface area contributed by atoms with Crippen LogP contribution in [0.5, 0.6) is 0 Å². The Morgan fingerprint density at radius 1 is 1.19 bits per heavy atom. The first-order valence-electron chi connectivity index (χ1n) is 9.67. The topological polar surface area (TPSA) is 52.3 Å². The summed E-state index contributed by atoms with van der Waals surface area (Å²) in [6.07, 6.45) is 8.02. The molecule has 26 heavy (non-hydrogen) atoms.